The third kappa shape index (κ3) is 2.48. The van der Waals surface area contributed by atoms with Gasteiger partial charge < -0.3 is 14.6 Å². The van der Waals surface area contributed by atoms with E-state index in [2.05, 4.69) is 34.1 Å². The summed E-state index contributed by atoms with van der Waals surface area (Å²) in [6, 6.07) is 14.7. The first kappa shape index (κ1) is 15.8. The molecule has 1 aromatic heterocycles. The lowest BCUT2D eigenvalue weighted by atomic mass is 10.1. The summed E-state index contributed by atoms with van der Waals surface area (Å²) in [5.74, 6) is -0.289. The van der Waals surface area contributed by atoms with Crippen molar-refractivity contribution in [1.82, 2.24) is 9.88 Å². The maximum atomic E-state index is 11.9. The fourth-order valence-corrected chi connectivity index (χ4v) is 3.50. The smallest absolute Gasteiger partial charge is 0.337 e. The van der Waals surface area contributed by atoms with Gasteiger partial charge in [-0.3, -0.25) is 0 Å². The molecule has 3 aromatic rings. The maximum Gasteiger partial charge on any atom is 0.337 e. The summed E-state index contributed by atoms with van der Waals surface area (Å²) in [4.78, 5) is 11.9. The number of aromatic nitrogens is 1. The van der Waals surface area contributed by atoms with Crippen LogP contribution in [-0.2, 0) is 4.74 Å². The molecule has 0 amide bonds. The van der Waals surface area contributed by atoms with Crippen LogP contribution in [0.25, 0.3) is 21.8 Å². The first-order valence-corrected chi connectivity index (χ1v) is 7.61. The van der Waals surface area contributed by atoms with E-state index in [1.165, 1.54) is 23.4 Å². The van der Waals surface area contributed by atoms with Crippen LogP contribution in [0.15, 0.2) is 42.5 Å². The molecule has 2 aromatic carbocycles. The minimum atomic E-state index is -0.289. The first-order chi connectivity index (χ1) is 10.8. The van der Waals surface area contributed by atoms with Crippen molar-refractivity contribution in [3.63, 3.8) is 0 Å². The van der Waals surface area contributed by atoms with Crippen LogP contribution in [0.4, 0.5) is 0 Å². The fraction of sp³-hybridized carbons (Fsp3) is 0.278. The highest BCUT2D eigenvalue weighted by Crippen LogP contribution is 2.34. The van der Waals surface area contributed by atoms with Crippen LogP contribution in [0.3, 0.4) is 0 Å². The predicted molar refractivity (Wildman–Crippen MR) is 94.6 cm³/mol. The number of para-hydroxylation sites is 1. The zero-order valence-electron chi connectivity index (χ0n) is 12.9. The summed E-state index contributed by atoms with van der Waals surface area (Å²) in [5.41, 5.74) is 2.94. The zero-order valence-corrected chi connectivity index (χ0v) is 13.7. The topological polar surface area (TPSA) is 43.3 Å². The van der Waals surface area contributed by atoms with E-state index in [4.69, 9.17) is 4.74 Å². The van der Waals surface area contributed by atoms with Crippen molar-refractivity contribution >= 4 is 40.2 Å². The number of halogens is 1. The van der Waals surface area contributed by atoms with Crippen molar-refractivity contribution in [1.29, 1.82) is 0 Å². The molecule has 120 valence electrons. The van der Waals surface area contributed by atoms with Gasteiger partial charge in [-0.25, -0.2) is 4.79 Å². The van der Waals surface area contributed by atoms with Crippen LogP contribution in [0, 0.1) is 0 Å². The number of rotatable bonds is 2. The van der Waals surface area contributed by atoms with Crippen LogP contribution >= 0.6 is 12.4 Å². The van der Waals surface area contributed by atoms with Crippen LogP contribution in [0.5, 0.6) is 0 Å². The highest BCUT2D eigenvalue weighted by atomic mass is 35.5. The van der Waals surface area contributed by atoms with E-state index in [1.54, 1.807) is 0 Å². The molecule has 1 aliphatic heterocycles. The van der Waals surface area contributed by atoms with Crippen molar-refractivity contribution in [2.75, 3.05) is 20.2 Å². The van der Waals surface area contributed by atoms with Gasteiger partial charge in [-0.15, -0.1) is 12.4 Å². The Hall–Kier alpha value is -2.04. The Morgan fingerprint density at radius 3 is 2.70 bits per heavy atom. The molecule has 2 heterocycles. The molecule has 1 atom stereocenters. The number of fused-ring (bicyclic) bond motifs is 3. The molecule has 0 bridgehead atoms. The summed E-state index contributed by atoms with van der Waals surface area (Å²) in [7, 11) is 1.42. The molecule has 23 heavy (non-hydrogen) atoms. The molecule has 1 fully saturated rings. The minimum absolute atomic E-state index is 0. The standard InChI is InChI=1S/C18H18N2O2.ClH/c1-22-18(21)12-6-7-15-14-4-2-3-5-16(14)20(17(15)10-12)13-8-9-19-11-13;/h2-7,10,13,19H,8-9,11H2,1H3;1H/t13-;/m0./s1. The normalized spacial score (nSPS) is 17.3. The van der Waals surface area contributed by atoms with Gasteiger partial charge in [0.25, 0.3) is 0 Å². The molecule has 0 radical (unpaired) electrons. The number of nitrogens with one attached hydrogen (secondary N) is 1. The Labute approximate surface area is 140 Å². The van der Waals surface area contributed by atoms with Crippen LogP contribution < -0.4 is 5.32 Å². The number of hydrogen-bond donors (Lipinski definition) is 1. The molecule has 1 N–H and O–H groups in total. The number of carbonyl (C=O) groups excluding carboxylic acids is 1. The molecule has 0 saturated carbocycles. The fourth-order valence-electron chi connectivity index (χ4n) is 3.50. The summed E-state index contributed by atoms with van der Waals surface area (Å²) in [6.07, 6.45) is 1.11. The molecule has 0 unspecified atom stereocenters. The summed E-state index contributed by atoms with van der Waals surface area (Å²) in [6.45, 7) is 2.01. The minimum Gasteiger partial charge on any atom is -0.465 e. The average molecular weight is 331 g/mol. The lowest BCUT2D eigenvalue weighted by molar-refractivity contribution is 0.0601. The molecule has 4 rings (SSSR count). The Balaban J connectivity index is 0.00000156. The number of hydrogen-bond acceptors (Lipinski definition) is 3. The van der Waals surface area contributed by atoms with Crippen LogP contribution in [0.1, 0.15) is 22.8 Å². The number of esters is 1. The second-order valence-electron chi connectivity index (χ2n) is 5.76. The molecular weight excluding hydrogens is 312 g/mol. The van der Waals surface area contributed by atoms with Crippen molar-refractivity contribution in [2.24, 2.45) is 0 Å². The Morgan fingerprint density at radius 1 is 1.17 bits per heavy atom. The molecule has 4 nitrogen and oxygen atoms in total. The number of ether oxygens (including phenoxy) is 1. The quantitative estimate of drug-likeness (QED) is 0.731. The average Bonchev–Trinajstić information content (AvgIpc) is 3.18. The molecule has 1 aliphatic rings. The molecular formula is C18H19ClN2O2. The highest BCUT2D eigenvalue weighted by molar-refractivity contribution is 6.09. The molecule has 1 saturated heterocycles. The first-order valence-electron chi connectivity index (χ1n) is 7.61. The van der Waals surface area contributed by atoms with E-state index < -0.39 is 0 Å². The largest absolute Gasteiger partial charge is 0.465 e. The molecule has 0 aliphatic carbocycles. The van der Waals surface area contributed by atoms with Gasteiger partial charge in [-0.2, -0.15) is 0 Å². The van der Waals surface area contributed by atoms with Crippen LogP contribution in [0.2, 0.25) is 0 Å². The summed E-state index contributed by atoms with van der Waals surface area (Å²) >= 11 is 0. The third-order valence-corrected chi connectivity index (χ3v) is 4.53. The van der Waals surface area contributed by atoms with Crippen LogP contribution in [-0.4, -0.2) is 30.7 Å². The zero-order chi connectivity index (χ0) is 15.1. The predicted octanol–water partition coefficient (Wildman–Crippen LogP) is 3.54. The van der Waals surface area contributed by atoms with E-state index in [0.717, 1.165) is 25.0 Å². The van der Waals surface area contributed by atoms with Gasteiger partial charge in [0.2, 0.25) is 0 Å². The second kappa shape index (κ2) is 6.22. The van der Waals surface area contributed by atoms with E-state index in [0.29, 0.717) is 11.6 Å². The van der Waals surface area contributed by atoms with E-state index in [-0.39, 0.29) is 18.4 Å². The third-order valence-electron chi connectivity index (χ3n) is 4.53. The molecule has 5 heteroatoms. The van der Waals surface area contributed by atoms with E-state index in [1.807, 2.05) is 18.2 Å². The van der Waals surface area contributed by atoms with E-state index in [9.17, 15) is 4.79 Å². The lowest BCUT2D eigenvalue weighted by Crippen LogP contribution is -2.13. The van der Waals surface area contributed by atoms with Gasteiger partial charge in [-0.1, -0.05) is 24.3 Å². The van der Waals surface area contributed by atoms with Crippen molar-refractivity contribution < 1.29 is 9.53 Å². The van der Waals surface area contributed by atoms with Gasteiger partial charge in [0.1, 0.15) is 0 Å². The monoisotopic (exact) mass is 330 g/mol. The Kier molecular flexibility index (Phi) is 4.28. The Morgan fingerprint density at radius 2 is 1.96 bits per heavy atom. The maximum absolute atomic E-state index is 11.9. The SMILES string of the molecule is COC(=O)c1ccc2c3ccccc3n([C@H]3CCNC3)c2c1.Cl. The highest BCUT2D eigenvalue weighted by Gasteiger charge is 2.22. The van der Waals surface area contributed by atoms with Gasteiger partial charge in [0, 0.05) is 28.9 Å². The van der Waals surface area contributed by atoms with Gasteiger partial charge >= 0.3 is 5.97 Å². The second-order valence-corrected chi connectivity index (χ2v) is 5.76. The number of carbonyl (C=O) groups is 1. The van der Waals surface area contributed by atoms with Gasteiger partial charge in [0.05, 0.1) is 18.2 Å². The number of benzene rings is 2. The number of nitrogens with zero attached hydrogens (tertiary/aromatic N) is 1. The summed E-state index contributed by atoms with van der Waals surface area (Å²) in [5, 5.41) is 5.85. The Bertz CT molecular complexity index is 866. The lowest BCUT2D eigenvalue weighted by Gasteiger charge is -2.15. The van der Waals surface area contributed by atoms with Gasteiger partial charge in [0.15, 0.2) is 0 Å². The van der Waals surface area contributed by atoms with Gasteiger partial charge in [-0.05, 0) is 31.2 Å². The van der Waals surface area contributed by atoms with Crippen molar-refractivity contribution in [3.05, 3.63) is 48.0 Å². The summed E-state index contributed by atoms with van der Waals surface area (Å²) < 4.78 is 7.24. The van der Waals surface area contributed by atoms with E-state index >= 15 is 0 Å². The van der Waals surface area contributed by atoms with Crippen molar-refractivity contribution in [2.45, 2.75) is 12.5 Å². The van der Waals surface area contributed by atoms with Crippen molar-refractivity contribution in [3.8, 4) is 0 Å². The number of methoxy groups -OCH3 is 1. The molecule has 0 spiro atoms.